The summed E-state index contributed by atoms with van der Waals surface area (Å²) in [5.41, 5.74) is 5.22. The molecule has 2 N–H and O–H groups in total. The fourth-order valence-electron chi connectivity index (χ4n) is 0.530. The first-order valence-electron chi connectivity index (χ1n) is 2.37. The van der Waals surface area contributed by atoms with Gasteiger partial charge in [-0.1, -0.05) is 0 Å². The van der Waals surface area contributed by atoms with Gasteiger partial charge >= 0.3 is 0 Å². The second-order valence-electron chi connectivity index (χ2n) is 1.56. The number of nitrogens with two attached hydrogens (primary N) is 1. The number of hydrogen-bond donors (Lipinski definition) is 1. The number of nitrogens with zero attached hydrogens (tertiary/aromatic N) is 3. The number of rotatable bonds is 0. The Labute approximate surface area is 52.7 Å². The average Bonchev–Trinajstić information content (AvgIpc) is 2.10. The van der Waals surface area contributed by atoms with Crippen LogP contribution in [0, 0.1) is 12.3 Å². The third-order valence-electron chi connectivity index (χ3n) is 0.909. The Kier molecular flexibility index (Phi) is 1.12. The van der Waals surface area contributed by atoms with E-state index in [9.17, 15) is 0 Å². The highest BCUT2D eigenvalue weighted by Gasteiger charge is 1.97. The smallest absolute Gasteiger partial charge is 0.240 e. The molecule has 9 heavy (non-hydrogen) atoms. The van der Waals surface area contributed by atoms with Gasteiger partial charge in [-0.15, -0.1) is 11.5 Å². The Morgan fingerprint density at radius 3 is 2.67 bits per heavy atom. The van der Waals surface area contributed by atoms with Crippen LogP contribution in [0.4, 0.5) is 5.95 Å². The summed E-state index contributed by atoms with van der Waals surface area (Å²) in [5, 5.41) is 3.72. The number of anilines is 1. The molecule has 4 heteroatoms. The van der Waals surface area contributed by atoms with E-state index in [0.29, 0.717) is 5.82 Å². The first-order valence-corrected chi connectivity index (χ1v) is 2.37. The van der Waals surface area contributed by atoms with Crippen LogP contribution in [0.2, 0.25) is 0 Å². The molecule has 1 rings (SSSR count). The molecule has 0 aliphatic heterocycles. The van der Waals surface area contributed by atoms with E-state index in [2.05, 4.69) is 16.0 Å². The summed E-state index contributed by atoms with van der Waals surface area (Å²) in [6, 6.07) is 0. The van der Waals surface area contributed by atoms with Crippen LogP contribution in [0.25, 0.3) is 0 Å². The van der Waals surface area contributed by atoms with Crippen LogP contribution in [-0.2, 0) is 7.05 Å². The molecule has 0 unspecified atom stereocenters. The summed E-state index contributed by atoms with van der Waals surface area (Å²) in [6.07, 6.45) is 5.04. The summed E-state index contributed by atoms with van der Waals surface area (Å²) in [4.78, 5) is 3.72. The lowest BCUT2D eigenvalue weighted by atomic mass is 10.6. The van der Waals surface area contributed by atoms with Crippen molar-refractivity contribution >= 4 is 5.95 Å². The molecule has 46 valence electrons. The maximum Gasteiger partial charge on any atom is 0.240 e. The minimum absolute atomic E-state index is 0.213. The molecule has 0 saturated carbocycles. The Morgan fingerprint density at radius 2 is 2.44 bits per heavy atom. The fourth-order valence-corrected chi connectivity index (χ4v) is 0.530. The zero-order valence-electron chi connectivity index (χ0n) is 5.00. The molecule has 0 radical (unpaired) electrons. The van der Waals surface area contributed by atoms with Gasteiger partial charge in [0.15, 0.2) is 0 Å². The first-order chi connectivity index (χ1) is 4.24. The van der Waals surface area contributed by atoms with Gasteiger partial charge in [0.25, 0.3) is 0 Å². The normalized spacial score (nSPS) is 8.89. The second kappa shape index (κ2) is 1.78. The van der Waals surface area contributed by atoms with Crippen molar-refractivity contribution in [3.63, 3.8) is 0 Å². The van der Waals surface area contributed by atoms with Gasteiger partial charge in [-0.3, -0.25) is 0 Å². The van der Waals surface area contributed by atoms with Crippen molar-refractivity contribution in [3.05, 3.63) is 5.82 Å². The number of aryl methyl sites for hydroxylation is 1. The van der Waals surface area contributed by atoms with Gasteiger partial charge < -0.3 is 5.73 Å². The summed E-state index contributed by atoms with van der Waals surface area (Å²) in [6.45, 7) is 0. The molecule has 1 aromatic heterocycles. The van der Waals surface area contributed by atoms with Crippen LogP contribution < -0.4 is 5.73 Å². The molecule has 0 fully saturated rings. The van der Waals surface area contributed by atoms with Crippen molar-refractivity contribution in [3.8, 4) is 12.3 Å². The van der Waals surface area contributed by atoms with E-state index >= 15 is 0 Å². The largest absolute Gasteiger partial charge is 0.366 e. The van der Waals surface area contributed by atoms with Gasteiger partial charge in [-0.05, 0) is 5.92 Å². The van der Waals surface area contributed by atoms with Gasteiger partial charge in [0.05, 0.1) is 0 Å². The van der Waals surface area contributed by atoms with E-state index in [4.69, 9.17) is 12.2 Å². The first kappa shape index (κ1) is 5.63. The van der Waals surface area contributed by atoms with Crippen molar-refractivity contribution in [2.24, 2.45) is 7.05 Å². The molecular weight excluding hydrogens is 116 g/mol. The molecule has 1 aromatic rings. The second-order valence-corrected chi connectivity index (χ2v) is 1.56. The van der Waals surface area contributed by atoms with Crippen molar-refractivity contribution in [1.82, 2.24) is 14.8 Å². The summed E-state index contributed by atoms with van der Waals surface area (Å²) in [5.74, 6) is 2.99. The summed E-state index contributed by atoms with van der Waals surface area (Å²) < 4.78 is 1.45. The Bertz CT molecular complexity index is 254. The molecule has 0 amide bonds. The number of nitrogen functional groups attached to an aromatic ring is 1. The zero-order chi connectivity index (χ0) is 6.85. The molecule has 0 aliphatic rings. The molecule has 0 saturated heterocycles. The van der Waals surface area contributed by atoms with Gasteiger partial charge in [-0.25, -0.2) is 4.68 Å². The lowest BCUT2D eigenvalue weighted by molar-refractivity contribution is 0.757. The van der Waals surface area contributed by atoms with Crippen molar-refractivity contribution in [2.75, 3.05) is 5.73 Å². The lowest BCUT2D eigenvalue weighted by Crippen LogP contribution is -1.94. The van der Waals surface area contributed by atoms with Crippen LogP contribution in [0.15, 0.2) is 0 Å². The van der Waals surface area contributed by atoms with Crippen LogP contribution in [-0.4, -0.2) is 14.8 Å². The standard InChI is InChI=1S/C5H6N4/c1-3-4-7-5(6)8-9(4)2/h1H,2H3,(H2,6,8). The maximum absolute atomic E-state index is 5.22. The minimum Gasteiger partial charge on any atom is -0.366 e. The Balaban J connectivity index is 3.20. The van der Waals surface area contributed by atoms with Gasteiger partial charge in [-0.2, -0.15) is 4.98 Å². The van der Waals surface area contributed by atoms with E-state index < -0.39 is 0 Å². The van der Waals surface area contributed by atoms with Crippen molar-refractivity contribution in [1.29, 1.82) is 0 Å². The molecule has 0 spiro atoms. The molecule has 0 bridgehead atoms. The highest BCUT2D eigenvalue weighted by Crippen LogP contribution is 1.93. The third-order valence-corrected chi connectivity index (χ3v) is 0.909. The quantitative estimate of drug-likeness (QED) is 0.466. The molecular formula is C5H6N4. The number of hydrogen-bond acceptors (Lipinski definition) is 3. The van der Waals surface area contributed by atoms with E-state index in [1.165, 1.54) is 4.68 Å². The Hall–Kier alpha value is -1.50. The third kappa shape index (κ3) is 0.842. The molecule has 0 aliphatic carbocycles. The van der Waals surface area contributed by atoms with Crippen molar-refractivity contribution < 1.29 is 0 Å². The van der Waals surface area contributed by atoms with Gasteiger partial charge in [0.1, 0.15) is 0 Å². The summed E-state index contributed by atoms with van der Waals surface area (Å²) in [7, 11) is 1.69. The fraction of sp³-hybridized carbons (Fsp3) is 0.200. The summed E-state index contributed by atoms with van der Waals surface area (Å²) >= 11 is 0. The predicted molar refractivity (Wildman–Crippen MR) is 33.4 cm³/mol. The monoisotopic (exact) mass is 122 g/mol. The zero-order valence-corrected chi connectivity index (χ0v) is 5.00. The maximum atomic E-state index is 5.22. The van der Waals surface area contributed by atoms with Crippen LogP contribution >= 0.6 is 0 Å². The number of aromatic nitrogens is 3. The highest BCUT2D eigenvalue weighted by atomic mass is 15.4. The highest BCUT2D eigenvalue weighted by molar-refractivity contribution is 5.23. The van der Waals surface area contributed by atoms with E-state index in [0.717, 1.165) is 0 Å². The topological polar surface area (TPSA) is 56.7 Å². The van der Waals surface area contributed by atoms with Gasteiger partial charge in [0.2, 0.25) is 11.8 Å². The van der Waals surface area contributed by atoms with Crippen LogP contribution in [0.1, 0.15) is 5.82 Å². The van der Waals surface area contributed by atoms with Crippen molar-refractivity contribution in [2.45, 2.75) is 0 Å². The van der Waals surface area contributed by atoms with E-state index in [1.807, 2.05) is 0 Å². The van der Waals surface area contributed by atoms with Crippen LogP contribution in [0.5, 0.6) is 0 Å². The van der Waals surface area contributed by atoms with E-state index in [1.54, 1.807) is 7.05 Å². The van der Waals surface area contributed by atoms with Crippen LogP contribution in [0.3, 0.4) is 0 Å². The molecule has 0 aromatic carbocycles. The Morgan fingerprint density at radius 1 is 1.78 bits per heavy atom. The van der Waals surface area contributed by atoms with E-state index in [-0.39, 0.29) is 5.95 Å². The lowest BCUT2D eigenvalue weighted by Gasteiger charge is -1.83. The minimum atomic E-state index is 0.213. The predicted octanol–water partition coefficient (Wildman–Crippen LogP) is -0.621. The molecule has 1 heterocycles. The average molecular weight is 122 g/mol. The SMILES string of the molecule is C#Cc1nc(N)nn1C. The molecule has 4 nitrogen and oxygen atoms in total. The number of terminal acetylenes is 1. The molecule has 0 atom stereocenters. The van der Waals surface area contributed by atoms with Gasteiger partial charge in [0, 0.05) is 7.05 Å².